The molecule has 316 valence electrons. The summed E-state index contributed by atoms with van der Waals surface area (Å²) in [6.45, 7) is 0. The van der Waals surface area contributed by atoms with Crippen molar-refractivity contribution in [2.45, 2.75) is 0 Å². The second kappa shape index (κ2) is 17.2. The van der Waals surface area contributed by atoms with Crippen LogP contribution in [0, 0.1) is 0 Å². The van der Waals surface area contributed by atoms with E-state index < -0.39 is 0 Å². The molecule has 11 aromatic carbocycles. The van der Waals surface area contributed by atoms with Crippen molar-refractivity contribution >= 4 is 66.8 Å². The van der Waals surface area contributed by atoms with E-state index in [1.54, 1.807) is 0 Å². The summed E-state index contributed by atoms with van der Waals surface area (Å²) in [4.78, 5) is 4.79. The molecule has 0 amide bonds. The first-order chi connectivity index (χ1) is 33.2. The first-order valence-corrected chi connectivity index (χ1v) is 22.8. The van der Waals surface area contributed by atoms with Gasteiger partial charge in [0.05, 0.1) is 16.8 Å². The molecule has 12 rings (SSSR count). The van der Waals surface area contributed by atoms with E-state index in [0.29, 0.717) is 0 Å². The van der Waals surface area contributed by atoms with Crippen LogP contribution in [0.2, 0.25) is 0 Å². The highest BCUT2D eigenvalue weighted by Gasteiger charge is 2.23. The number of furan rings is 1. The van der Waals surface area contributed by atoms with E-state index in [0.717, 1.165) is 72.8 Å². The minimum Gasteiger partial charge on any atom is -0.456 e. The third kappa shape index (κ3) is 7.59. The van der Waals surface area contributed by atoms with Gasteiger partial charge < -0.3 is 14.2 Å². The highest BCUT2D eigenvalue weighted by molar-refractivity contribution is 6.14. The van der Waals surface area contributed by atoms with Crippen molar-refractivity contribution in [2.24, 2.45) is 0 Å². The zero-order chi connectivity index (χ0) is 44.5. The number of hydrogen-bond donors (Lipinski definition) is 0. The summed E-state index contributed by atoms with van der Waals surface area (Å²) in [7, 11) is 0. The van der Waals surface area contributed by atoms with Gasteiger partial charge in [0.2, 0.25) is 0 Å². The van der Waals surface area contributed by atoms with Crippen molar-refractivity contribution in [1.82, 2.24) is 0 Å². The van der Waals surface area contributed by atoms with Gasteiger partial charge in [-0.3, -0.25) is 0 Å². The number of rotatable bonds is 10. The Labute approximate surface area is 390 Å². The summed E-state index contributed by atoms with van der Waals surface area (Å²) < 4.78 is 6.50. The second-order valence-corrected chi connectivity index (χ2v) is 16.9. The molecule has 0 saturated heterocycles. The summed E-state index contributed by atoms with van der Waals surface area (Å²) >= 11 is 0. The minimum absolute atomic E-state index is 0.850. The Morgan fingerprint density at radius 2 is 0.716 bits per heavy atom. The van der Waals surface area contributed by atoms with Gasteiger partial charge in [-0.25, -0.2) is 0 Å². The van der Waals surface area contributed by atoms with Crippen molar-refractivity contribution in [1.29, 1.82) is 0 Å². The minimum atomic E-state index is 0.850. The second-order valence-electron chi connectivity index (χ2n) is 16.9. The fourth-order valence-electron chi connectivity index (χ4n) is 9.59. The Morgan fingerprint density at radius 1 is 0.254 bits per heavy atom. The largest absolute Gasteiger partial charge is 0.456 e. The fourth-order valence-corrected chi connectivity index (χ4v) is 9.59. The Hall–Kier alpha value is -8.92. The van der Waals surface area contributed by atoms with E-state index in [4.69, 9.17) is 4.42 Å². The van der Waals surface area contributed by atoms with Gasteiger partial charge in [0, 0.05) is 33.7 Å². The van der Waals surface area contributed by atoms with Crippen molar-refractivity contribution in [2.75, 3.05) is 9.80 Å². The average molecular weight is 857 g/mol. The van der Waals surface area contributed by atoms with Gasteiger partial charge in [-0.2, -0.15) is 0 Å². The molecular weight excluding hydrogens is 813 g/mol. The third-order valence-corrected chi connectivity index (χ3v) is 12.8. The van der Waals surface area contributed by atoms with Crippen LogP contribution in [0.3, 0.4) is 0 Å². The van der Waals surface area contributed by atoms with Crippen molar-refractivity contribution in [3.63, 3.8) is 0 Å². The summed E-state index contributed by atoms with van der Waals surface area (Å²) in [5.74, 6) is 0. The lowest BCUT2D eigenvalue weighted by atomic mass is 9.98. The lowest BCUT2D eigenvalue weighted by Gasteiger charge is -2.30. The van der Waals surface area contributed by atoms with E-state index >= 15 is 0 Å². The molecule has 0 unspecified atom stereocenters. The van der Waals surface area contributed by atoms with E-state index in [1.807, 2.05) is 6.07 Å². The number of para-hydroxylation sites is 2. The Balaban J connectivity index is 1.02. The summed E-state index contributed by atoms with van der Waals surface area (Å²) in [6, 6.07) is 95.6. The van der Waals surface area contributed by atoms with Crippen LogP contribution in [0.5, 0.6) is 0 Å². The molecule has 0 fully saturated rings. The van der Waals surface area contributed by atoms with Crippen LogP contribution in [-0.4, -0.2) is 0 Å². The maximum atomic E-state index is 6.50. The monoisotopic (exact) mass is 856 g/mol. The lowest BCUT2D eigenvalue weighted by molar-refractivity contribution is 0.669. The molecule has 1 aromatic heterocycles. The first-order valence-electron chi connectivity index (χ1n) is 22.8. The van der Waals surface area contributed by atoms with E-state index in [-0.39, 0.29) is 0 Å². The van der Waals surface area contributed by atoms with Gasteiger partial charge in [0.25, 0.3) is 0 Å². The quantitative estimate of drug-likeness (QED) is 0.137. The maximum Gasteiger partial charge on any atom is 0.137 e. The van der Waals surface area contributed by atoms with Crippen molar-refractivity contribution in [3.05, 3.63) is 267 Å². The molecule has 0 aliphatic heterocycles. The fraction of sp³-hybridized carbons (Fsp3) is 0. The summed E-state index contributed by atoms with van der Waals surface area (Å²) in [5.41, 5.74) is 17.4. The van der Waals surface area contributed by atoms with Crippen LogP contribution < -0.4 is 9.80 Å². The SMILES string of the molecule is c1ccc(-c2ccc(N(c3cccc(-c4ccccc4N(c4cccc(-c5ccccc5)c4)c4cccc5oc6ccccc6c45)c3)c3ccc4cc(-c5ccccc5)ccc4c3)cc2)cc1. The van der Waals surface area contributed by atoms with Crippen LogP contribution in [0.4, 0.5) is 34.1 Å². The van der Waals surface area contributed by atoms with E-state index in [9.17, 15) is 0 Å². The molecule has 0 aliphatic rings. The Bertz CT molecular complexity index is 3690. The van der Waals surface area contributed by atoms with E-state index in [1.165, 1.54) is 38.6 Å². The number of hydrogen-bond acceptors (Lipinski definition) is 3. The van der Waals surface area contributed by atoms with Gasteiger partial charge in [-0.15, -0.1) is 0 Å². The molecule has 1 heterocycles. The molecule has 0 saturated carbocycles. The highest BCUT2D eigenvalue weighted by atomic mass is 16.3. The molecule has 3 nitrogen and oxygen atoms in total. The standard InChI is InChI=1S/C64H44N2O/c1-4-17-45(18-5-1)48-35-38-54(39-36-48)65(57-40-37-51-41-50(33-34-52(51)43-57)47-21-8-3-9-22-47)55-25-15-24-53(44-55)58-27-10-12-29-60(58)66(56-26-14-23-49(42-56)46-19-6-2-7-20-46)61-30-16-32-63-64(61)59-28-11-13-31-62(59)67-63/h1-44H. The average Bonchev–Trinajstić information content (AvgIpc) is 3.80. The van der Waals surface area contributed by atoms with Gasteiger partial charge in [-0.05, 0) is 129 Å². The predicted octanol–water partition coefficient (Wildman–Crippen LogP) is 18.3. The zero-order valence-electron chi connectivity index (χ0n) is 36.7. The molecule has 12 aromatic rings. The summed E-state index contributed by atoms with van der Waals surface area (Å²) in [5, 5.41) is 4.53. The number of anilines is 6. The Morgan fingerprint density at radius 3 is 1.46 bits per heavy atom. The van der Waals surface area contributed by atoms with Crippen LogP contribution >= 0.6 is 0 Å². The molecular formula is C64H44N2O. The van der Waals surface area contributed by atoms with Crippen LogP contribution in [0.25, 0.3) is 77.2 Å². The van der Waals surface area contributed by atoms with Crippen LogP contribution in [0.1, 0.15) is 0 Å². The first kappa shape index (κ1) is 39.7. The molecule has 67 heavy (non-hydrogen) atoms. The van der Waals surface area contributed by atoms with Gasteiger partial charge in [0.15, 0.2) is 0 Å². The maximum absolute atomic E-state index is 6.50. The van der Waals surface area contributed by atoms with E-state index in [2.05, 4.69) is 271 Å². The number of nitrogens with zero attached hydrogens (tertiary/aromatic N) is 2. The van der Waals surface area contributed by atoms with Crippen molar-refractivity contribution < 1.29 is 4.42 Å². The van der Waals surface area contributed by atoms with Crippen LogP contribution in [0.15, 0.2) is 271 Å². The third-order valence-electron chi connectivity index (χ3n) is 12.8. The van der Waals surface area contributed by atoms with Gasteiger partial charge >= 0.3 is 0 Å². The predicted molar refractivity (Wildman–Crippen MR) is 282 cm³/mol. The molecule has 0 spiro atoms. The molecule has 0 bridgehead atoms. The molecule has 3 heteroatoms. The van der Waals surface area contributed by atoms with Gasteiger partial charge in [-0.1, -0.05) is 188 Å². The smallest absolute Gasteiger partial charge is 0.137 e. The molecule has 0 N–H and O–H groups in total. The summed E-state index contributed by atoms with van der Waals surface area (Å²) in [6.07, 6.45) is 0. The van der Waals surface area contributed by atoms with Crippen LogP contribution in [-0.2, 0) is 0 Å². The number of benzene rings is 11. The molecule has 0 radical (unpaired) electrons. The molecule has 0 aliphatic carbocycles. The highest BCUT2D eigenvalue weighted by Crippen LogP contribution is 2.47. The zero-order valence-corrected chi connectivity index (χ0v) is 36.7. The number of fused-ring (bicyclic) bond motifs is 4. The normalized spacial score (nSPS) is 11.3. The lowest BCUT2D eigenvalue weighted by Crippen LogP contribution is -2.12. The molecule has 0 atom stereocenters. The van der Waals surface area contributed by atoms with Gasteiger partial charge in [0.1, 0.15) is 11.2 Å². The topological polar surface area (TPSA) is 19.6 Å². The van der Waals surface area contributed by atoms with Crippen molar-refractivity contribution in [3.8, 4) is 44.5 Å². The Kier molecular flexibility index (Phi) is 10.2.